The van der Waals surface area contributed by atoms with Gasteiger partial charge in [0.1, 0.15) is 12.3 Å². The number of carbonyl (C=O) groups is 2. The number of aliphatic hydroxyl groups is 1. The van der Waals surface area contributed by atoms with Crippen molar-refractivity contribution in [3.63, 3.8) is 0 Å². The SMILES string of the molecule is CC[C@@]1(O)C(=O)OCc2c1cc1n(c2=O)Cc2c-1nc1cc(F)c(O)c3c1c2C(NC(=O)/C(C)=N/O)CC3. The molecule has 0 saturated heterocycles. The van der Waals surface area contributed by atoms with Gasteiger partial charge in [0, 0.05) is 28.1 Å². The van der Waals surface area contributed by atoms with Crippen LogP contribution in [0.2, 0.25) is 0 Å². The van der Waals surface area contributed by atoms with E-state index in [2.05, 4.69) is 15.5 Å². The van der Waals surface area contributed by atoms with Gasteiger partial charge in [-0.3, -0.25) is 9.59 Å². The van der Waals surface area contributed by atoms with Crippen LogP contribution in [0.4, 0.5) is 4.39 Å². The van der Waals surface area contributed by atoms with E-state index in [1.807, 2.05) is 0 Å². The molecule has 0 spiro atoms. The largest absolute Gasteiger partial charge is 0.505 e. The van der Waals surface area contributed by atoms with Crippen LogP contribution in [0.1, 0.15) is 60.5 Å². The second-order valence-electron chi connectivity index (χ2n) is 9.79. The van der Waals surface area contributed by atoms with E-state index in [1.54, 1.807) is 13.0 Å². The fourth-order valence-electron chi connectivity index (χ4n) is 5.83. The number of halogens is 1. The molecule has 2 aliphatic heterocycles. The number of cyclic esters (lactones) is 1. The maximum absolute atomic E-state index is 14.7. The first-order chi connectivity index (χ1) is 18.1. The summed E-state index contributed by atoms with van der Waals surface area (Å²) in [6, 6.07) is 2.03. The molecule has 4 heterocycles. The van der Waals surface area contributed by atoms with Crippen LogP contribution in [0.25, 0.3) is 22.3 Å². The number of nitrogens with one attached hydrogen (secondary N) is 1. The number of carbonyl (C=O) groups excluding carboxylic acids is 2. The van der Waals surface area contributed by atoms with E-state index in [4.69, 9.17) is 9.94 Å². The number of esters is 1. The molecule has 38 heavy (non-hydrogen) atoms. The van der Waals surface area contributed by atoms with E-state index >= 15 is 0 Å². The second kappa shape index (κ2) is 8.09. The molecule has 12 heteroatoms. The highest BCUT2D eigenvalue weighted by Crippen LogP contribution is 2.47. The normalized spacial score (nSPS) is 21.5. The van der Waals surface area contributed by atoms with Crippen LogP contribution in [0.5, 0.6) is 5.75 Å². The second-order valence-corrected chi connectivity index (χ2v) is 9.79. The molecule has 1 unspecified atom stereocenters. The van der Waals surface area contributed by atoms with Gasteiger partial charge in [0.05, 0.1) is 35.1 Å². The van der Waals surface area contributed by atoms with E-state index in [9.17, 15) is 29.0 Å². The van der Waals surface area contributed by atoms with E-state index in [0.29, 0.717) is 39.9 Å². The van der Waals surface area contributed by atoms with Gasteiger partial charge in [-0.1, -0.05) is 12.1 Å². The Labute approximate surface area is 214 Å². The number of fused-ring (bicyclic) bond motifs is 5. The van der Waals surface area contributed by atoms with E-state index < -0.39 is 40.6 Å². The Morgan fingerprint density at radius 1 is 1.32 bits per heavy atom. The van der Waals surface area contributed by atoms with Gasteiger partial charge in [-0.2, -0.15) is 0 Å². The van der Waals surface area contributed by atoms with Crippen molar-refractivity contribution in [3.8, 4) is 17.1 Å². The van der Waals surface area contributed by atoms with E-state index in [-0.39, 0.29) is 48.3 Å². The Kier molecular flexibility index (Phi) is 5.12. The predicted molar refractivity (Wildman–Crippen MR) is 130 cm³/mol. The van der Waals surface area contributed by atoms with Crippen molar-refractivity contribution >= 4 is 28.5 Å². The highest BCUT2D eigenvalue weighted by molar-refractivity contribution is 6.37. The van der Waals surface area contributed by atoms with Gasteiger partial charge in [-0.25, -0.2) is 14.2 Å². The Morgan fingerprint density at radius 2 is 2.08 bits per heavy atom. The lowest BCUT2D eigenvalue weighted by molar-refractivity contribution is -0.172. The molecule has 196 valence electrons. The first kappa shape index (κ1) is 24.0. The Bertz CT molecular complexity index is 1700. The van der Waals surface area contributed by atoms with Gasteiger partial charge in [0.25, 0.3) is 11.5 Å². The number of aryl methyl sites for hydroxylation is 1. The number of aromatic hydroxyl groups is 1. The molecule has 0 radical (unpaired) electrons. The number of ether oxygens (including phenoxy) is 1. The van der Waals surface area contributed by atoms with Gasteiger partial charge in [-0.05, 0) is 37.8 Å². The average molecular weight is 522 g/mol. The van der Waals surface area contributed by atoms with Gasteiger partial charge in [0.15, 0.2) is 17.2 Å². The minimum absolute atomic E-state index is 0.0152. The van der Waals surface area contributed by atoms with Crippen molar-refractivity contribution in [2.45, 2.75) is 57.9 Å². The van der Waals surface area contributed by atoms with Crippen molar-refractivity contribution in [1.82, 2.24) is 14.9 Å². The van der Waals surface area contributed by atoms with Gasteiger partial charge in [0.2, 0.25) is 0 Å². The molecular weight excluding hydrogens is 499 g/mol. The van der Waals surface area contributed by atoms with Crippen LogP contribution in [-0.2, 0) is 39.5 Å². The fourth-order valence-corrected chi connectivity index (χ4v) is 5.83. The summed E-state index contributed by atoms with van der Waals surface area (Å²) in [5.74, 6) is -2.80. The summed E-state index contributed by atoms with van der Waals surface area (Å²) in [6.07, 6.45) is 0.538. The monoisotopic (exact) mass is 522 g/mol. The minimum Gasteiger partial charge on any atom is -0.505 e. The highest BCUT2D eigenvalue weighted by atomic mass is 19.1. The molecule has 6 rings (SSSR count). The van der Waals surface area contributed by atoms with Crippen LogP contribution in [-0.4, -0.2) is 42.6 Å². The Hall–Kier alpha value is -4.32. The zero-order chi connectivity index (χ0) is 27.1. The number of aromatic nitrogens is 2. The van der Waals surface area contributed by atoms with Gasteiger partial charge in [-0.15, -0.1) is 0 Å². The number of pyridine rings is 2. The smallest absolute Gasteiger partial charge is 0.343 e. The summed E-state index contributed by atoms with van der Waals surface area (Å²) in [5, 5.41) is 36.9. The molecule has 0 saturated carbocycles. The Morgan fingerprint density at radius 3 is 2.79 bits per heavy atom. The third-order valence-electron chi connectivity index (χ3n) is 7.86. The Balaban J connectivity index is 1.64. The topological polar surface area (TPSA) is 163 Å². The van der Waals surface area contributed by atoms with E-state index in [0.717, 1.165) is 6.07 Å². The number of hydrogen-bond donors (Lipinski definition) is 4. The third-order valence-corrected chi connectivity index (χ3v) is 7.86. The molecule has 1 amide bonds. The first-order valence-electron chi connectivity index (χ1n) is 12.1. The fraction of sp³-hybridized carbons (Fsp3) is 0.346. The van der Waals surface area contributed by atoms with Crippen molar-refractivity contribution in [1.29, 1.82) is 0 Å². The van der Waals surface area contributed by atoms with Gasteiger partial charge < -0.3 is 30.0 Å². The molecule has 2 aromatic heterocycles. The third kappa shape index (κ3) is 3.06. The van der Waals surface area contributed by atoms with Gasteiger partial charge >= 0.3 is 5.97 Å². The van der Waals surface area contributed by atoms with Crippen molar-refractivity contribution < 1.29 is 34.1 Å². The van der Waals surface area contributed by atoms with Crippen LogP contribution in [0, 0.1) is 5.82 Å². The predicted octanol–water partition coefficient (Wildman–Crippen LogP) is 1.88. The molecule has 11 nitrogen and oxygen atoms in total. The van der Waals surface area contributed by atoms with Crippen LogP contribution in [0.15, 0.2) is 22.1 Å². The standard InChI is InChI=1S/C26H23FN4O7/c1-3-26(36)14-6-18-21-12(8-31(18)24(34)13(14)9-38-25(26)35)20-16(29-23(33)10(2)30-37)5-4-11-19(20)17(28-21)7-15(27)22(11)32/h6-7,16,32,36-37H,3-5,8-9H2,1-2H3,(H,29,33)/b30-10+/t16?,26-/m0/s1. The molecular formula is C26H23FN4O7. The average Bonchev–Trinajstić information content (AvgIpc) is 3.28. The molecule has 4 N–H and O–H groups in total. The lowest BCUT2D eigenvalue weighted by Gasteiger charge is -2.31. The summed E-state index contributed by atoms with van der Waals surface area (Å²) >= 11 is 0. The number of nitrogens with zero attached hydrogens (tertiary/aromatic N) is 3. The molecule has 3 aliphatic rings. The number of rotatable bonds is 3. The molecule has 0 fully saturated rings. The number of benzene rings is 1. The number of hydrogen-bond acceptors (Lipinski definition) is 9. The van der Waals surface area contributed by atoms with Crippen molar-refractivity contribution in [2.24, 2.45) is 5.16 Å². The number of phenols is 1. The molecule has 0 bridgehead atoms. The number of oxime groups is 1. The number of amides is 1. The summed E-state index contributed by atoms with van der Waals surface area (Å²) in [5.41, 5.74) is 0.0939. The summed E-state index contributed by atoms with van der Waals surface area (Å²) in [7, 11) is 0. The molecule has 3 aromatic rings. The summed E-state index contributed by atoms with van der Waals surface area (Å²) < 4.78 is 21.3. The zero-order valence-electron chi connectivity index (χ0n) is 20.5. The van der Waals surface area contributed by atoms with E-state index in [1.165, 1.54) is 11.5 Å². The lowest BCUT2D eigenvalue weighted by atomic mass is 9.82. The van der Waals surface area contributed by atoms with Crippen LogP contribution >= 0.6 is 0 Å². The maximum atomic E-state index is 14.7. The summed E-state index contributed by atoms with van der Waals surface area (Å²) in [6.45, 7) is 2.73. The van der Waals surface area contributed by atoms with Crippen molar-refractivity contribution in [3.05, 3.63) is 56.1 Å². The molecule has 2 atom stereocenters. The quantitative estimate of drug-likeness (QED) is 0.137. The highest BCUT2D eigenvalue weighted by Gasteiger charge is 2.46. The lowest BCUT2D eigenvalue weighted by Crippen LogP contribution is -2.44. The summed E-state index contributed by atoms with van der Waals surface area (Å²) in [4.78, 5) is 43.3. The zero-order valence-corrected chi connectivity index (χ0v) is 20.5. The first-order valence-corrected chi connectivity index (χ1v) is 12.1. The maximum Gasteiger partial charge on any atom is 0.343 e. The van der Waals surface area contributed by atoms with Crippen molar-refractivity contribution in [2.75, 3.05) is 0 Å². The van der Waals surface area contributed by atoms with Crippen LogP contribution in [0.3, 0.4) is 0 Å². The minimum atomic E-state index is -2.00. The number of phenolic OH excluding ortho intramolecular Hbond substituents is 1. The molecule has 1 aromatic carbocycles. The molecule has 1 aliphatic carbocycles. The van der Waals surface area contributed by atoms with Crippen LogP contribution < -0.4 is 10.9 Å².